The number of nitrogens with zero attached hydrogens (tertiary/aromatic N) is 2. The summed E-state index contributed by atoms with van der Waals surface area (Å²) in [4.78, 5) is 0. The number of nitrogens with one attached hydrogen (secondary N) is 1. The van der Waals surface area contributed by atoms with Crippen LogP contribution in [0.3, 0.4) is 0 Å². The van der Waals surface area contributed by atoms with E-state index in [1.807, 2.05) is 18.2 Å². The minimum Gasteiger partial charge on any atom is -0.497 e. The Balaban J connectivity index is 2.43. The molecule has 21 heavy (non-hydrogen) atoms. The van der Waals surface area contributed by atoms with Gasteiger partial charge in [0.1, 0.15) is 5.75 Å². The molecule has 1 aromatic heterocycles. The highest BCUT2D eigenvalue weighted by Gasteiger charge is 2.13. The molecule has 2 aromatic rings. The van der Waals surface area contributed by atoms with Crippen LogP contribution in [-0.2, 0) is 0 Å². The smallest absolute Gasteiger partial charge is 0.151 e. The molecule has 2 rings (SSSR count). The van der Waals surface area contributed by atoms with E-state index >= 15 is 0 Å². The van der Waals surface area contributed by atoms with Gasteiger partial charge in [-0.1, -0.05) is 6.92 Å². The summed E-state index contributed by atoms with van der Waals surface area (Å²) in [6, 6.07) is 6.03. The summed E-state index contributed by atoms with van der Waals surface area (Å²) in [7, 11) is 1.68. The Morgan fingerprint density at radius 2 is 1.86 bits per heavy atom. The van der Waals surface area contributed by atoms with E-state index < -0.39 is 0 Å². The fourth-order valence-corrected chi connectivity index (χ4v) is 2.30. The molecule has 0 atom stereocenters. The van der Waals surface area contributed by atoms with Crippen LogP contribution in [0.1, 0.15) is 30.0 Å². The largest absolute Gasteiger partial charge is 0.497 e. The van der Waals surface area contributed by atoms with Gasteiger partial charge in [0.15, 0.2) is 5.82 Å². The number of aromatic nitrogens is 2. The molecule has 4 nitrogen and oxygen atoms in total. The fraction of sp³-hybridized carbons (Fsp3) is 0.412. The van der Waals surface area contributed by atoms with E-state index in [1.165, 1.54) is 0 Å². The van der Waals surface area contributed by atoms with Gasteiger partial charge in [0, 0.05) is 12.1 Å². The standard InChI is InChI=1S/C17H23N3O/c1-6-9-18-17-13(4)12(3)16(19-20-17)15-8-7-14(21-5)10-11(15)2/h7-8,10H,6,9H2,1-5H3,(H,18,20). The molecule has 0 aliphatic heterocycles. The van der Waals surface area contributed by atoms with Gasteiger partial charge in [0.25, 0.3) is 0 Å². The minimum atomic E-state index is 0.861. The molecule has 4 heteroatoms. The third-order valence-electron chi connectivity index (χ3n) is 3.75. The molecular formula is C17H23N3O. The Hall–Kier alpha value is -2.10. The highest BCUT2D eigenvalue weighted by molar-refractivity contribution is 5.70. The van der Waals surface area contributed by atoms with Crippen molar-refractivity contribution in [2.45, 2.75) is 34.1 Å². The molecule has 0 aliphatic rings. The predicted molar refractivity (Wildman–Crippen MR) is 87.0 cm³/mol. The Morgan fingerprint density at radius 1 is 1.10 bits per heavy atom. The number of aryl methyl sites for hydroxylation is 1. The van der Waals surface area contributed by atoms with Crippen LogP contribution < -0.4 is 10.1 Å². The Morgan fingerprint density at radius 3 is 2.48 bits per heavy atom. The van der Waals surface area contributed by atoms with Crippen LogP contribution in [0.2, 0.25) is 0 Å². The molecule has 0 aliphatic carbocycles. The monoisotopic (exact) mass is 285 g/mol. The highest BCUT2D eigenvalue weighted by atomic mass is 16.5. The topological polar surface area (TPSA) is 47.0 Å². The van der Waals surface area contributed by atoms with Crippen LogP contribution in [0.4, 0.5) is 5.82 Å². The van der Waals surface area contributed by atoms with Gasteiger partial charge >= 0.3 is 0 Å². The lowest BCUT2D eigenvalue weighted by Crippen LogP contribution is -2.07. The zero-order valence-electron chi connectivity index (χ0n) is 13.4. The number of methoxy groups -OCH3 is 1. The van der Waals surface area contributed by atoms with E-state index in [9.17, 15) is 0 Å². The molecule has 1 N–H and O–H groups in total. The molecule has 0 unspecified atom stereocenters. The number of hydrogen-bond donors (Lipinski definition) is 1. The molecule has 112 valence electrons. The lowest BCUT2D eigenvalue weighted by atomic mass is 9.99. The number of hydrogen-bond acceptors (Lipinski definition) is 4. The van der Waals surface area contributed by atoms with E-state index in [-0.39, 0.29) is 0 Å². The quantitative estimate of drug-likeness (QED) is 0.905. The van der Waals surface area contributed by atoms with Crippen LogP contribution in [-0.4, -0.2) is 23.9 Å². The van der Waals surface area contributed by atoms with Crippen LogP contribution in [0.15, 0.2) is 18.2 Å². The second kappa shape index (κ2) is 6.57. The van der Waals surface area contributed by atoms with Crippen LogP contribution in [0, 0.1) is 20.8 Å². The van der Waals surface area contributed by atoms with Crippen molar-refractivity contribution in [1.29, 1.82) is 0 Å². The molecular weight excluding hydrogens is 262 g/mol. The number of benzene rings is 1. The minimum absolute atomic E-state index is 0.861. The first-order valence-corrected chi connectivity index (χ1v) is 7.31. The average Bonchev–Trinajstić information content (AvgIpc) is 2.49. The molecule has 0 amide bonds. The number of ether oxygens (including phenoxy) is 1. The van der Waals surface area contributed by atoms with Gasteiger partial charge in [-0.25, -0.2) is 0 Å². The van der Waals surface area contributed by atoms with Crippen molar-refractivity contribution in [3.63, 3.8) is 0 Å². The first-order valence-electron chi connectivity index (χ1n) is 7.31. The van der Waals surface area contributed by atoms with Crippen molar-refractivity contribution >= 4 is 5.82 Å². The maximum atomic E-state index is 5.26. The zero-order valence-corrected chi connectivity index (χ0v) is 13.4. The molecule has 1 heterocycles. The average molecular weight is 285 g/mol. The SMILES string of the molecule is CCCNc1nnc(-c2ccc(OC)cc2C)c(C)c1C. The van der Waals surface area contributed by atoms with Gasteiger partial charge < -0.3 is 10.1 Å². The summed E-state index contributed by atoms with van der Waals surface area (Å²) in [6.45, 7) is 9.30. The van der Waals surface area contributed by atoms with Gasteiger partial charge in [-0.3, -0.25) is 0 Å². The number of anilines is 1. The van der Waals surface area contributed by atoms with Gasteiger partial charge in [-0.05, 0) is 62.1 Å². The van der Waals surface area contributed by atoms with Crippen molar-refractivity contribution in [3.8, 4) is 17.0 Å². The Kier molecular flexibility index (Phi) is 4.78. The van der Waals surface area contributed by atoms with Crippen molar-refractivity contribution in [1.82, 2.24) is 10.2 Å². The first-order chi connectivity index (χ1) is 10.1. The molecule has 1 aromatic carbocycles. The summed E-state index contributed by atoms with van der Waals surface area (Å²) < 4.78 is 5.26. The second-order valence-electron chi connectivity index (χ2n) is 5.25. The second-order valence-corrected chi connectivity index (χ2v) is 5.25. The maximum Gasteiger partial charge on any atom is 0.151 e. The van der Waals surface area contributed by atoms with E-state index in [1.54, 1.807) is 7.11 Å². The van der Waals surface area contributed by atoms with Crippen molar-refractivity contribution in [3.05, 3.63) is 34.9 Å². The van der Waals surface area contributed by atoms with Gasteiger partial charge in [0.05, 0.1) is 12.8 Å². The molecule has 0 spiro atoms. The summed E-state index contributed by atoms with van der Waals surface area (Å²) in [6.07, 6.45) is 1.07. The fourth-order valence-electron chi connectivity index (χ4n) is 2.30. The van der Waals surface area contributed by atoms with Gasteiger partial charge in [-0.15, -0.1) is 10.2 Å². The lowest BCUT2D eigenvalue weighted by molar-refractivity contribution is 0.414. The van der Waals surface area contributed by atoms with Gasteiger partial charge in [0.2, 0.25) is 0 Å². The van der Waals surface area contributed by atoms with Gasteiger partial charge in [-0.2, -0.15) is 0 Å². The summed E-state index contributed by atoms with van der Waals surface area (Å²) >= 11 is 0. The Labute approximate surface area is 126 Å². The molecule has 0 fully saturated rings. The lowest BCUT2D eigenvalue weighted by Gasteiger charge is -2.14. The van der Waals surface area contributed by atoms with Crippen molar-refractivity contribution in [2.75, 3.05) is 19.0 Å². The predicted octanol–water partition coefficient (Wildman–Crippen LogP) is 3.90. The van der Waals surface area contributed by atoms with E-state index in [0.29, 0.717) is 0 Å². The van der Waals surface area contributed by atoms with E-state index in [4.69, 9.17) is 4.74 Å². The molecule has 0 saturated heterocycles. The molecule has 0 bridgehead atoms. The van der Waals surface area contributed by atoms with Crippen molar-refractivity contribution < 1.29 is 4.74 Å². The van der Waals surface area contributed by atoms with E-state index in [2.05, 4.69) is 43.2 Å². The zero-order chi connectivity index (χ0) is 15.4. The van der Waals surface area contributed by atoms with E-state index in [0.717, 1.165) is 52.5 Å². The summed E-state index contributed by atoms with van der Waals surface area (Å²) in [5, 5.41) is 12.1. The molecule has 0 radical (unpaired) electrons. The van der Waals surface area contributed by atoms with Crippen LogP contribution >= 0.6 is 0 Å². The van der Waals surface area contributed by atoms with Crippen LogP contribution in [0.25, 0.3) is 11.3 Å². The van der Waals surface area contributed by atoms with Crippen molar-refractivity contribution in [2.24, 2.45) is 0 Å². The summed E-state index contributed by atoms with van der Waals surface area (Å²) in [5.74, 6) is 1.74. The highest BCUT2D eigenvalue weighted by Crippen LogP contribution is 2.30. The first kappa shape index (κ1) is 15.3. The number of rotatable bonds is 5. The third kappa shape index (κ3) is 3.15. The molecule has 0 saturated carbocycles. The maximum absolute atomic E-state index is 5.26. The normalized spacial score (nSPS) is 10.5. The third-order valence-corrected chi connectivity index (χ3v) is 3.75. The Bertz CT molecular complexity index is 638. The summed E-state index contributed by atoms with van der Waals surface area (Å²) in [5.41, 5.74) is 5.50. The van der Waals surface area contributed by atoms with Crippen LogP contribution in [0.5, 0.6) is 5.75 Å².